The van der Waals surface area contributed by atoms with Gasteiger partial charge in [0.05, 0.1) is 34.5 Å². The molecule has 2 heterocycles. The van der Waals surface area contributed by atoms with Gasteiger partial charge >= 0.3 is 0 Å². The SMILES string of the molecule is COc1ccc2nc(N(/N=C/c3coc4ccccc4c3=O)C(=O)c3ccccc3)sc2c1. The van der Waals surface area contributed by atoms with Crippen molar-refractivity contribution in [1.29, 1.82) is 0 Å². The van der Waals surface area contributed by atoms with Gasteiger partial charge in [0, 0.05) is 5.56 Å². The van der Waals surface area contributed by atoms with Gasteiger partial charge in [0.15, 0.2) is 0 Å². The Labute approximate surface area is 192 Å². The monoisotopic (exact) mass is 455 g/mol. The van der Waals surface area contributed by atoms with Crippen LogP contribution < -0.4 is 15.2 Å². The van der Waals surface area contributed by atoms with Crippen LogP contribution in [-0.2, 0) is 0 Å². The van der Waals surface area contributed by atoms with Crippen molar-refractivity contribution in [2.24, 2.45) is 5.10 Å². The normalized spacial score (nSPS) is 11.3. The summed E-state index contributed by atoms with van der Waals surface area (Å²) < 4.78 is 11.7. The zero-order chi connectivity index (χ0) is 22.8. The number of ether oxygens (including phenoxy) is 1. The van der Waals surface area contributed by atoms with Crippen LogP contribution in [0.25, 0.3) is 21.2 Å². The lowest BCUT2D eigenvalue weighted by atomic mass is 10.2. The van der Waals surface area contributed by atoms with E-state index in [1.165, 1.54) is 28.8 Å². The highest BCUT2D eigenvalue weighted by Gasteiger charge is 2.21. The number of hydrogen-bond donors (Lipinski definition) is 0. The zero-order valence-electron chi connectivity index (χ0n) is 17.5. The number of carbonyl (C=O) groups excluding carboxylic acids is 1. The molecule has 2 aromatic heterocycles. The molecule has 7 nitrogen and oxygen atoms in total. The van der Waals surface area contributed by atoms with Crippen molar-refractivity contribution in [2.45, 2.75) is 0 Å². The first-order chi connectivity index (χ1) is 16.1. The Morgan fingerprint density at radius 2 is 1.88 bits per heavy atom. The number of fused-ring (bicyclic) bond motifs is 2. The second-order valence-electron chi connectivity index (χ2n) is 7.07. The van der Waals surface area contributed by atoms with Crippen LogP contribution in [0, 0.1) is 0 Å². The van der Waals surface area contributed by atoms with Gasteiger partial charge in [-0.15, -0.1) is 0 Å². The summed E-state index contributed by atoms with van der Waals surface area (Å²) in [5, 5.41) is 6.37. The Morgan fingerprint density at radius 3 is 2.70 bits per heavy atom. The fourth-order valence-corrected chi connectivity index (χ4v) is 4.25. The fraction of sp³-hybridized carbons (Fsp3) is 0.0400. The minimum absolute atomic E-state index is 0.224. The second kappa shape index (κ2) is 8.68. The van der Waals surface area contributed by atoms with Gasteiger partial charge in [-0.25, -0.2) is 4.98 Å². The largest absolute Gasteiger partial charge is 0.497 e. The fourth-order valence-electron chi connectivity index (χ4n) is 3.30. The van der Waals surface area contributed by atoms with E-state index in [2.05, 4.69) is 10.1 Å². The van der Waals surface area contributed by atoms with E-state index < -0.39 is 0 Å². The second-order valence-corrected chi connectivity index (χ2v) is 8.08. The molecule has 5 aromatic rings. The third-order valence-corrected chi connectivity index (χ3v) is 5.99. The van der Waals surface area contributed by atoms with Gasteiger partial charge in [0.1, 0.15) is 17.6 Å². The quantitative estimate of drug-likeness (QED) is 0.272. The lowest BCUT2D eigenvalue weighted by Crippen LogP contribution is -2.26. The summed E-state index contributed by atoms with van der Waals surface area (Å²) in [6, 6.07) is 21.2. The minimum atomic E-state index is -0.372. The molecule has 0 fully saturated rings. The summed E-state index contributed by atoms with van der Waals surface area (Å²) in [4.78, 5) is 30.7. The number of hydrogen-bond acceptors (Lipinski definition) is 7. The van der Waals surface area contributed by atoms with Gasteiger partial charge in [-0.2, -0.15) is 10.1 Å². The summed E-state index contributed by atoms with van der Waals surface area (Å²) >= 11 is 1.30. The topological polar surface area (TPSA) is 85.0 Å². The molecule has 1 amide bonds. The molecule has 0 spiro atoms. The van der Waals surface area contributed by atoms with E-state index in [1.54, 1.807) is 61.7 Å². The maximum absolute atomic E-state index is 13.3. The molecule has 0 aliphatic heterocycles. The average Bonchev–Trinajstić information content (AvgIpc) is 3.29. The Bertz CT molecular complexity index is 1560. The molecule has 0 aliphatic rings. The average molecular weight is 455 g/mol. The predicted octanol–water partition coefficient (Wildman–Crippen LogP) is 5.09. The number of carbonyl (C=O) groups is 1. The Hall–Kier alpha value is -4.30. The first-order valence-electron chi connectivity index (χ1n) is 10.0. The summed E-state index contributed by atoms with van der Waals surface area (Å²) in [7, 11) is 1.59. The predicted molar refractivity (Wildman–Crippen MR) is 130 cm³/mol. The molecule has 33 heavy (non-hydrogen) atoms. The van der Waals surface area contributed by atoms with Crippen LogP contribution in [0.3, 0.4) is 0 Å². The number of thiazole rings is 1. The Balaban J connectivity index is 1.59. The number of methoxy groups -OCH3 is 1. The highest BCUT2D eigenvalue weighted by Crippen LogP contribution is 2.32. The van der Waals surface area contributed by atoms with Crippen molar-refractivity contribution in [3.63, 3.8) is 0 Å². The third kappa shape index (κ3) is 3.99. The highest BCUT2D eigenvalue weighted by molar-refractivity contribution is 7.22. The van der Waals surface area contributed by atoms with Gasteiger partial charge in [0.2, 0.25) is 10.6 Å². The molecule has 0 saturated carbocycles. The van der Waals surface area contributed by atoms with E-state index in [9.17, 15) is 9.59 Å². The molecule has 0 atom stereocenters. The molecule has 0 radical (unpaired) electrons. The summed E-state index contributed by atoms with van der Waals surface area (Å²) in [6.45, 7) is 0. The lowest BCUT2D eigenvalue weighted by Gasteiger charge is -2.13. The standard InChI is InChI=1S/C25H17N3O4S/c1-31-18-11-12-20-22(13-18)33-25(27-20)28(24(30)16-7-3-2-4-8-16)26-14-17-15-32-21-10-6-5-9-19(21)23(17)29/h2-15H,1H3/b26-14+. The molecule has 8 heteroatoms. The Morgan fingerprint density at radius 1 is 1.09 bits per heavy atom. The van der Waals surface area contributed by atoms with E-state index in [0.29, 0.717) is 32.9 Å². The van der Waals surface area contributed by atoms with Crippen LogP contribution in [0.15, 0.2) is 93.4 Å². The van der Waals surface area contributed by atoms with Crippen molar-refractivity contribution in [3.05, 3.63) is 100 Å². The van der Waals surface area contributed by atoms with E-state index in [1.807, 2.05) is 18.2 Å². The number of benzene rings is 3. The molecule has 5 rings (SSSR count). The molecular formula is C25H17N3O4S. The van der Waals surface area contributed by atoms with E-state index in [4.69, 9.17) is 9.15 Å². The van der Waals surface area contributed by atoms with Crippen LogP contribution >= 0.6 is 11.3 Å². The van der Waals surface area contributed by atoms with Crippen LogP contribution in [0.2, 0.25) is 0 Å². The van der Waals surface area contributed by atoms with Crippen molar-refractivity contribution in [1.82, 2.24) is 4.98 Å². The number of anilines is 1. The maximum Gasteiger partial charge on any atom is 0.280 e. The zero-order valence-corrected chi connectivity index (χ0v) is 18.3. The molecular weight excluding hydrogens is 438 g/mol. The van der Waals surface area contributed by atoms with Crippen LogP contribution in [-0.4, -0.2) is 24.2 Å². The van der Waals surface area contributed by atoms with Crippen molar-refractivity contribution in [2.75, 3.05) is 12.1 Å². The van der Waals surface area contributed by atoms with Gasteiger partial charge in [-0.1, -0.05) is 41.7 Å². The molecule has 0 bridgehead atoms. The van der Waals surface area contributed by atoms with Crippen LogP contribution in [0.4, 0.5) is 5.13 Å². The third-order valence-electron chi connectivity index (χ3n) is 5.00. The number of hydrazone groups is 1. The molecule has 0 unspecified atom stereocenters. The van der Waals surface area contributed by atoms with E-state index in [-0.39, 0.29) is 16.9 Å². The molecule has 0 aliphatic carbocycles. The van der Waals surface area contributed by atoms with Gasteiger partial charge in [-0.3, -0.25) is 9.59 Å². The van der Waals surface area contributed by atoms with Crippen molar-refractivity contribution < 1.29 is 13.9 Å². The summed E-state index contributed by atoms with van der Waals surface area (Å²) in [5.74, 6) is 0.318. The van der Waals surface area contributed by atoms with Gasteiger partial charge < -0.3 is 9.15 Å². The smallest absolute Gasteiger partial charge is 0.280 e. The molecule has 162 valence electrons. The van der Waals surface area contributed by atoms with Crippen molar-refractivity contribution >= 4 is 49.8 Å². The minimum Gasteiger partial charge on any atom is -0.497 e. The molecule has 3 aromatic carbocycles. The summed E-state index contributed by atoms with van der Waals surface area (Å²) in [6.07, 6.45) is 2.66. The number of nitrogens with zero attached hydrogens (tertiary/aromatic N) is 3. The van der Waals surface area contributed by atoms with Crippen molar-refractivity contribution in [3.8, 4) is 5.75 Å². The van der Waals surface area contributed by atoms with E-state index in [0.717, 1.165) is 4.70 Å². The van der Waals surface area contributed by atoms with Crippen LogP contribution in [0.5, 0.6) is 5.75 Å². The van der Waals surface area contributed by atoms with Gasteiger partial charge in [-0.05, 0) is 42.5 Å². The Kier molecular flexibility index (Phi) is 5.42. The molecule has 0 N–H and O–H groups in total. The molecule has 0 saturated heterocycles. The number of aromatic nitrogens is 1. The summed E-state index contributed by atoms with van der Waals surface area (Å²) in [5.41, 5.74) is 1.63. The highest BCUT2D eigenvalue weighted by atomic mass is 32.1. The lowest BCUT2D eigenvalue weighted by molar-refractivity contribution is 0.0988. The van der Waals surface area contributed by atoms with E-state index >= 15 is 0 Å². The van der Waals surface area contributed by atoms with Gasteiger partial charge in [0.25, 0.3) is 5.91 Å². The first-order valence-corrected chi connectivity index (χ1v) is 10.8. The number of para-hydroxylation sites is 1. The maximum atomic E-state index is 13.3. The number of rotatable bonds is 5. The first kappa shape index (κ1) is 20.6. The van der Waals surface area contributed by atoms with Crippen LogP contribution in [0.1, 0.15) is 15.9 Å². The number of amides is 1.